The quantitative estimate of drug-likeness (QED) is 0.182. The molecule has 8 rings (SSSR count). The highest BCUT2D eigenvalue weighted by atomic mass is 16.5. The maximum Gasteiger partial charge on any atom is 0.330 e. The predicted molar refractivity (Wildman–Crippen MR) is 194 cm³/mol. The first kappa shape index (κ1) is 35.0. The van der Waals surface area contributed by atoms with Crippen molar-refractivity contribution in [2.45, 2.75) is 95.7 Å². The van der Waals surface area contributed by atoms with Gasteiger partial charge in [0.15, 0.2) is 5.69 Å². The number of amides is 2. The Morgan fingerprint density at radius 3 is 2.20 bits per heavy atom. The molecular formula is C40H51N5O6. The number of methoxy groups -OCH3 is 2. The number of aromatic nitrogens is 2. The third kappa shape index (κ3) is 6.17. The fourth-order valence-electron chi connectivity index (χ4n) is 9.89. The van der Waals surface area contributed by atoms with E-state index in [-0.39, 0.29) is 41.4 Å². The molecule has 272 valence electrons. The SMILES string of the molecule is CCC(NC(=O)c1ccc(-n2nc(C(=O)NC3(C(=O)O)C4CC5CC(C4)CC3C5)cc2-c2c(OC)cccc2OC)c(C(C)C)c1)C1CCCN1. The molecule has 1 saturated heterocycles. The van der Waals surface area contributed by atoms with Crippen molar-refractivity contribution in [2.24, 2.45) is 23.7 Å². The third-order valence-corrected chi connectivity index (χ3v) is 12.2. The van der Waals surface area contributed by atoms with Crippen molar-refractivity contribution >= 4 is 17.8 Å². The Labute approximate surface area is 299 Å². The molecule has 1 aromatic heterocycles. The summed E-state index contributed by atoms with van der Waals surface area (Å²) in [4.78, 5) is 41.1. The van der Waals surface area contributed by atoms with Crippen LogP contribution < -0.4 is 25.4 Å². The molecule has 4 N–H and O–H groups in total. The van der Waals surface area contributed by atoms with Crippen LogP contribution in [0.3, 0.4) is 0 Å². The third-order valence-electron chi connectivity index (χ3n) is 12.2. The maximum absolute atomic E-state index is 14.3. The van der Waals surface area contributed by atoms with Gasteiger partial charge in [-0.15, -0.1) is 0 Å². The monoisotopic (exact) mass is 697 g/mol. The van der Waals surface area contributed by atoms with Crippen LogP contribution in [0.5, 0.6) is 11.5 Å². The lowest BCUT2D eigenvalue weighted by molar-refractivity contribution is -0.163. The highest BCUT2D eigenvalue weighted by Gasteiger charge is 2.62. The summed E-state index contributed by atoms with van der Waals surface area (Å²) in [6.07, 6.45) is 7.43. The van der Waals surface area contributed by atoms with Crippen molar-refractivity contribution in [1.82, 2.24) is 25.7 Å². The number of carboxylic acids is 1. The first-order valence-electron chi connectivity index (χ1n) is 18.6. The molecule has 2 heterocycles. The molecule has 5 fully saturated rings. The molecule has 2 aromatic carbocycles. The predicted octanol–water partition coefficient (Wildman–Crippen LogP) is 5.95. The van der Waals surface area contributed by atoms with Crippen LogP contribution in [0.2, 0.25) is 0 Å². The van der Waals surface area contributed by atoms with Crippen LogP contribution in [0.25, 0.3) is 16.9 Å². The van der Waals surface area contributed by atoms with E-state index in [0.717, 1.165) is 57.1 Å². The number of benzene rings is 2. The van der Waals surface area contributed by atoms with Gasteiger partial charge in [0.05, 0.1) is 31.2 Å². The van der Waals surface area contributed by atoms with E-state index in [1.807, 2.05) is 30.3 Å². The minimum absolute atomic E-state index is 0.0107. The molecule has 4 aliphatic carbocycles. The summed E-state index contributed by atoms with van der Waals surface area (Å²) in [6.45, 7) is 7.17. The number of aliphatic carboxylic acids is 1. The molecule has 3 aromatic rings. The number of nitrogens with zero attached hydrogens (tertiary/aromatic N) is 2. The number of carbonyl (C=O) groups is 3. The van der Waals surface area contributed by atoms with E-state index in [0.29, 0.717) is 45.8 Å². The minimum atomic E-state index is -1.32. The van der Waals surface area contributed by atoms with E-state index in [2.05, 4.69) is 36.7 Å². The molecule has 4 bridgehead atoms. The standard InChI is InChI=1S/C40H51N5O6/c1-6-29(30-9-8-14-41-30)42-37(46)25-12-13-32(28(20-25)22(2)3)45-33(36-34(50-4)10-7-11-35(36)51-5)21-31(44-45)38(47)43-40(39(48)49)26-16-23-15-24(18-26)19-27(40)17-23/h7,10-13,20-24,26-27,29-30,41H,6,8-9,14-19H2,1-5H3,(H,42,46)(H,43,47)(H,48,49). The lowest BCUT2D eigenvalue weighted by atomic mass is 9.48. The van der Waals surface area contributed by atoms with Gasteiger partial charge in [-0.25, -0.2) is 9.48 Å². The van der Waals surface area contributed by atoms with E-state index in [9.17, 15) is 19.5 Å². The number of ether oxygens (including phenoxy) is 2. The van der Waals surface area contributed by atoms with Gasteiger partial charge in [-0.2, -0.15) is 5.10 Å². The second-order valence-corrected chi connectivity index (χ2v) is 15.4. The van der Waals surface area contributed by atoms with Crippen LogP contribution in [0, 0.1) is 23.7 Å². The van der Waals surface area contributed by atoms with Gasteiger partial charge in [0, 0.05) is 17.6 Å². The zero-order valence-electron chi connectivity index (χ0n) is 30.3. The van der Waals surface area contributed by atoms with Gasteiger partial charge in [-0.3, -0.25) is 9.59 Å². The zero-order chi connectivity index (χ0) is 36.0. The molecule has 2 amide bonds. The summed E-state index contributed by atoms with van der Waals surface area (Å²) in [7, 11) is 3.15. The molecule has 0 spiro atoms. The van der Waals surface area contributed by atoms with Crippen LogP contribution in [0.15, 0.2) is 42.5 Å². The first-order chi connectivity index (χ1) is 24.6. The first-order valence-corrected chi connectivity index (χ1v) is 18.6. The van der Waals surface area contributed by atoms with Gasteiger partial charge in [-0.1, -0.05) is 26.8 Å². The van der Waals surface area contributed by atoms with Crippen molar-refractivity contribution in [3.63, 3.8) is 0 Å². The topological polar surface area (TPSA) is 144 Å². The smallest absolute Gasteiger partial charge is 0.330 e. The highest BCUT2D eigenvalue weighted by Crippen LogP contribution is 2.58. The second kappa shape index (κ2) is 14.0. The van der Waals surface area contributed by atoms with Gasteiger partial charge >= 0.3 is 5.97 Å². The van der Waals surface area contributed by atoms with Crippen molar-refractivity contribution in [1.29, 1.82) is 0 Å². The van der Waals surface area contributed by atoms with Crippen molar-refractivity contribution in [2.75, 3.05) is 20.8 Å². The van der Waals surface area contributed by atoms with Gasteiger partial charge in [-0.05, 0) is 129 Å². The Bertz CT molecular complexity index is 1760. The van der Waals surface area contributed by atoms with Crippen LogP contribution in [-0.4, -0.2) is 71.1 Å². The molecule has 1 aliphatic heterocycles. The Balaban J connectivity index is 1.30. The zero-order valence-corrected chi connectivity index (χ0v) is 30.3. The fraction of sp³-hybridized carbons (Fsp3) is 0.550. The van der Waals surface area contributed by atoms with Crippen molar-refractivity contribution in [3.8, 4) is 28.4 Å². The molecule has 0 radical (unpaired) electrons. The number of hydrogen-bond donors (Lipinski definition) is 4. The molecule has 5 aliphatic rings. The number of nitrogens with one attached hydrogen (secondary N) is 3. The number of rotatable bonds is 12. The maximum atomic E-state index is 14.3. The number of carbonyl (C=O) groups excluding carboxylic acids is 2. The summed E-state index contributed by atoms with van der Waals surface area (Å²) in [5.41, 5.74) is 2.02. The Morgan fingerprint density at radius 1 is 0.980 bits per heavy atom. The second-order valence-electron chi connectivity index (χ2n) is 15.4. The Kier molecular flexibility index (Phi) is 9.60. The fourth-order valence-corrected chi connectivity index (χ4v) is 9.89. The normalized spacial score (nSPS) is 27.0. The van der Waals surface area contributed by atoms with Crippen molar-refractivity contribution in [3.05, 3.63) is 59.3 Å². The molecule has 4 saturated carbocycles. The van der Waals surface area contributed by atoms with E-state index in [1.54, 1.807) is 31.0 Å². The van der Waals surface area contributed by atoms with Gasteiger partial charge < -0.3 is 30.5 Å². The molecule has 2 unspecified atom stereocenters. The molecule has 51 heavy (non-hydrogen) atoms. The van der Waals surface area contributed by atoms with Gasteiger partial charge in [0.1, 0.15) is 17.0 Å². The molecular weight excluding hydrogens is 646 g/mol. The van der Waals surface area contributed by atoms with Gasteiger partial charge in [0.25, 0.3) is 11.8 Å². The molecule has 2 atom stereocenters. The largest absolute Gasteiger partial charge is 0.496 e. The average Bonchev–Trinajstić information content (AvgIpc) is 3.82. The van der Waals surface area contributed by atoms with Crippen LogP contribution >= 0.6 is 0 Å². The van der Waals surface area contributed by atoms with E-state index in [1.165, 1.54) is 6.42 Å². The summed E-state index contributed by atoms with van der Waals surface area (Å²) in [5.74, 6) is 0.294. The highest BCUT2D eigenvalue weighted by molar-refractivity contribution is 5.98. The summed E-state index contributed by atoms with van der Waals surface area (Å²) < 4.78 is 13.3. The summed E-state index contributed by atoms with van der Waals surface area (Å²) >= 11 is 0. The molecule has 11 nitrogen and oxygen atoms in total. The average molecular weight is 698 g/mol. The van der Waals surface area contributed by atoms with E-state index < -0.39 is 17.4 Å². The van der Waals surface area contributed by atoms with E-state index in [4.69, 9.17) is 14.6 Å². The van der Waals surface area contributed by atoms with Gasteiger partial charge in [0.2, 0.25) is 0 Å². The number of hydrogen-bond acceptors (Lipinski definition) is 7. The summed E-state index contributed by atoms with van der Waals surface area (Å²) in [6, 6.07) is 13.0. The Hall–Kier alpha value is -4.38. The summed E-state index contributed by atoms with van der Waals surface area (Å²) in [5, 5.41) is 25.5. The van der Waals surface area contributed by atoms with Crippen LogP contribution in [-0.2, 0) is 4.79 Å². The Morgan fingerprint density at radius 2 is 1.65 bits per heavy atom. The van der Waals surface area contributed by atoms with Crippen LogP contribution in [0.1, 0.15) is 104 Å². The van der Waals surface area contributed by atoms with E-state index >= 15 is 0 Å². The van der Waals surface area contributed by atoms with Crippen molar-refractivity contribution < 1.29 is 29.0 Å². The number of carboxylic acid groups (broad SMARTS) is 1. The lowest BCUT2D eigenvalue weighted by Gasteiger charge is -2.59. The molecule has 11 heteroatoms. The lowest BCUT2D eigenvalue weighted by Crippen LogP contribution is -2.70. The minimum Gasteiger partial charge on any atom is -0.496 e. The van der Waals surface area contributed by atoms with Crippen LogP contribution in [0.4, 0.5) is 0 Å².